The first-order chi connectivity index (χ1) is 9.52. The van der Waals surface area contributed by atoms with E-state index in [0.717, 1.165) is 37.4 Å². The molecule has 2 rings (SSSR count). The average Bonchev–Trinajstić information content (AvgIpc) is 2.64. The summed E-state index contributed by atoms with van der Waals surface area (Å²) in [6, 6.07) is 5.90. The molecule has 1 aliphatic rings. The molecule has 1 N–H and O–H groups in total. The van der Waals surface area contributed by atoms with E-state index in [4.69, 9.17) is 0 Å². The number of alkyl halides is 3. The summed E-state index contributed by atoms with van der Waals surface area (Å²) in [5, 5.41) is 3.19. The van der Waals surface area contributed by atoms with E-state index in [1.54, 1.807) is 6.07 Å². The number of rotatable bonds is 3. The van der Waals surface area contributed by atoms with Crippen LogP contribution in [-0.2, 0) is 6.18 Å². The third-order valence-corrected chi connectivity index (χ3v) is 4.27. The quantitative estimate of drug-likeness (QED) is 0.801. The lowest BCUT2D eigenvalue weighted by atomic mass is 9.82. The molecule has 1 aromatic carbocycles. The van der Waals surface area contributed by atoms with Crippen molar-refractivity contribution in [2.24, 2.45) is 5.92 Å². The lowest BCUT2D eigenvalue weighted by molar-refractivity contribution is -0.137. The van der Waals surface area contributed by atoms with E-state index in [9.17, 15) is 13.2 Å². The Kier molecular flexibility index (Phi) is 5.08. The molecule has 0 radical (unpaired) electrons. The highest BCUT2D eigenvalue weighted by Crippen LogP contribution is 2.38. The zero-order valence-electron chi connectivity index (χ0n) is 11.8. The normalized spacial score (nSPS) is 24.4. The Labute approximate surface area is 118 Å². The Morgan fingerprint density at radius 1 is 1.15 bits per heavy atom. The minimum absolute atomic E-state index is 0.243. The SMILES string of the molecule is CNCC1CCCCCC1c1cccc(C(F)(F)F)c1. The number of nitrogens with one attached hydrogen (secondary N) is 1. The third kappa shape index (κ3) is 3.75. The highest BCUT2D eigenvalue weighted by molar-refractivity contribution is 5.29. The van der Waals surface area contributed by atoms with Gasteiger partial charge < -0.3 is 5.32 Å². The number of benzene rings is 1. The summed E-state index contributed by atoms with van der Waals surface area (Å²) < 4.78 is 38.5. The third-order valence-electron chi connectivity index (χ3n) is 4.27. The van der Waals surface area contributed by atoms with Crippen LogP contribution in [0.1, 0.15) is 49.1 Å². The van der Waals surface area contributed by atoms with E-state index < -0.39 is 11.7 Å². The molecular formula is C16H22F3N. The molecule has 0 heterocycles. The number of hydrogen-bond acceptors (Lipinski definition) is 1. The lowest BCUT2D eigenvalue weighted by Gasteiger charge is -2.26. The van der Waals surface area contributed by atoms with Gasteiger partial charge in [0.1, 0.15) is 0 Å². The second kappa shape index (κ2) is 6.61. The second-order valence-electron chi connectivity index (χ2n) is 5.69. The molecular weight excluding hydrogens is 263 g/mol. The van der Waals surface area contributed by atoms with E-state index in [1.807, 2.05) is 13.1 Å². The van der Waals surface area contributed by atoms with Crippen LogP contribution in [0.15, 0.2) is 24.3 Å². The van der Waals surface area contributed by atoms with Crippen molar-refractivity contribution in [1.29, 1.82) is 0 Å². The summed E-state index contributed by atoms with van der Waals surface area (Å²) in [4.78, 5) is 0. The van der Waals surface area contributed by atoms with E-state index in [1.165, 1.54) is 18.9 Å². The summed E-state index contributed by atoms with van der Waals surface area (Å²) >= 11 is 0. The van der Waals surface area contributed by atoms with Crippen LogP contribution in [0.5, 0.6) is 0 Å². The minimum Gasteiger partial charge on any atom is -0.319 e. The predicted octanol–water partition coefficient (Wildman–Crippen LogP) is 4.59. The molecule has 1 fully saturated rings. The van der Waals surface area contributed by atoms with E-state index in [0.29, 0.717) is 5.92 Å². The summed E-state index contributed by atoms with van der Waals surface area (Å²) in [5.74, 6) is 0.679. The van der Waals surface area contributed by atoms with Crippen molar-refractivity contribution in [3.63, 3.8) is 0 Å². The van der Waals surface area contributed by atoms with Gasteiger partial charge in [-0.3, -0.25) is 0 Å². The van der Waals surface area contributed by atoms with E-state index in [-0.39, 0.29) is 5.92 Å². The molecule has 4 heteroatoms. The summed E-state index contributed by atoms with van der Waals surface area (Å²) in [6.45, 7) is 0.876. The van der Waals surface area contributed by atoms with Crippen LogP contribution in [0.2, 0.25) is 0 Å². The fraction of sp³-hybridized carbons (Fsp3) is 0.625. The van der Waals surface area contributed by atoms with Crippen molar-refractivity contribution >= 4 is 0 Å². The van der Waals surface area contributed by atoms with Crippen LogP contribution >= 0.6 is 0 Å². The standard InChI is InChI=1S/C16H22F3N/c1-20-11-13-6-3-2-4-9-15(13)12-7-5-8-14(10-12)16(17,18)19/h5,7-8,10,13,15,20H,2-4,6,9,11H2,1H3. The molecule has 2 atom stereocenters. The van der Waals surface area contributed by atoms with Gasteiger partial charge in [-0.05, 0) is 49.9 Å². The van der Waals surface area contributed by atoms with Crippen molar-refractivity contribution in [2.75, 3.05) is 13.6 Å². The number of halogens is 3. The van der Waals surface area contributed by atoms with Crippen LogP contribution in [0.4, 0.5) is 13.2 Å². The van der Waals surface area contributed by atoms with Crippen LogP contribution < -0.4 is 5.32 Å². The van der Waals surface area contributed by atoms with Crippen LogP contribution in [-0.4, -0.2) is 13.6 Å². The molecule has 1 nitrogen and oxygen atoms in total. The Hall–Kier alpha value is -1.03. The van der Waals surface area contributed by atoms with Gasteiger partial charge in [-0.2, -0.15) is 13.2 Å². The fourth-order valence-electron chi connectivity index (χ4n) is 3.28. The molecule has 112 valence electrons. The highest BCUT2D eigenvalue weighted by Gasteiger charge is 2.32. The second-order valence-corrected chi connectivity index (χ2v) is 5.69. The first-order valence-electron chi connectivity index (χ1n) is 7.34. The molecule has 1 saturated carbocycles. The molecule has 20 heavy (non-hydrogen) atoms. The maximum Gasteiger partial charge on any atom is 0.416 e. The van der Waals surface area contributed by atoms with Gasteiger partial charge in [0.05, 0.1) is 5.56 Å². The molecule has 1 aliphatic carbocycles. The minimum atomic E-state index is -4.25. The van der Waals surface area contributed by atoms with Crippen molar-refractivity contribution in [3.05, 3.63) is 35.4 Å². The predicted molar refractivity (Wildman–Crippen MR) is 74.7 cm³/mol. The molecule has 0 amide bonds. The van der Waals surface area contributed by atoms with Gasteiger partial charge in [-0.1, -0.05) is 37.5 Å². The Bertz CT molecular complexity index is 428. The number of hydrogen-bond donors (Lipinski definition) is 1. The largest absolute Gasteiger partial charge is 0.416 e. The van der Waals surface area contributed by atoms with Gasteiger partial charge in [0.25, 0.3) is 0 Å². The van der Waals surface area contributed by atoms with Gasteiger partial charge in [0.2, 0.25) is 0 Å². The Morgan fingerprint density at radius 3 is 2.60 bits per heavy atom. The van der Waals surface area contributed by atoms with Crippen LogP contribution in [0.3, 0.4) is 0 Å². The van der Waals surface area contributed by atoms with Crippen molar-refractivity contribution in [2.45, 2.75) is 44.2 Å². The average molecular weight is 285 g/mol. The molecule has 2 unspecified atom stereocenters. The fourth-order valence-corrected chi connectivity index (χ4v) is 3.28. The summed E-state index contributed by atoms with van der Waals surface area (Å²) in [6.07, 6.45) is 1.33. The van der Waals surface area contributed by atoms with Gasteiger partial charge in [-0.15, -0.1) is 0 Å². The maximum absolute atomic E-state index is 12.8. The van der Waals surface area contributed by atoms with Crippen molar-refractivity contribution in [1.82, 2.24) is 5.32 Å². The maximum atomic E-state index is 12.8. The van der Waals surface area contributed by atoms with Gasteiger partial charge in [0, 0.05) is 0 Å². The summed E-state index contributed by atoms with van der Waals surface area (Å²) in [5.41, 5.74) is 0.324. The van der Waals surface area contributed by atoms with Crippen molar-refractivity contribution < 1.29 is 13.2 Å². The van der Waals surface area contributed by atoms with Crippen LogP contribution in [0, 0.1) is 5.92 Å². The highest BCUT2D eigenvalue weighted by atomic mass is 19.4. The van der Waals surface area contributed by atoms with Gasteiger partial charge >= 0.3 is 6.18 Å². The monoisotopic (exact) mass is 285 g/mol. The Morgan fingerprint density at radius 2 is 1.90 bits per heavy atom. The summed E-state index contributed by atoms with van der Waals surface area (Å²) in [7, 11) is 1.91. The smallest absolute Gasteiger partial charge is 0.319 e. The zero-order chi connectivity index (χ0) is 14.6. The zero-order valence-corrected chi connectivity index (χ0v) is 11.8. The molecule has 0 aliphatic heterocycles. The van der Waals surface area contributed by atoms with Crippen molar-refractivity contribution in [3.8, 4) is 0 Å². The van der Waals surface area contributed by atoms with Gasteiger partial charge in [0.15, 0.2) is 0 Å². The first kappa shape index (κ1) is 15.4. The Balaban J connectivity index is 2.26. The van der Waals surface area contributed by atoms with E-state index >= 15 is 0 Å². The van der Waals surface area contributed by atoms with Crippen LogP contribution in [0.25, 0.3) is 0 Å². The topological polar surface area (TPSA) is 12.0 Å². The molecule has 1 aromatic rings. The molecule has 0 bridgehead atoms. The molecule has 0 spiro atoms. The lowest BCUT2D eigenvalue weighted by Crippen LogP contribution is -2.24. The van der Waals surface area contributed by atoms with Gasteiger partial charge in [-0.25, -0.2) is 0 Å². The molecule has 0 saturated heterocycles. The first-order valence-corrected chi connectivity index (χ1v) is 7.34. The van der Waals surface area contributed by atoms with E-state index in [2.05, 4.69) is 5.32 Å². The molecule has 0 aromatic heterocycles.